The van der Waals surface area contributed by atoms with Crippen LogP contribution < -0.4 is 10.2 Å². The minimum atomic E-state index is -0.0724. The first-order valence-electron chi connectivity index (χ1n) is 8.76. The number of nitrogens with zero attached hydrogens (tertiary/aromatic N) is 2. The van der Waals surface area contributed by atoms with Crippen LogP contribution in [0.25, 0.3) is 10.1 Å². The number of anilines is 2. The standard InChI is InChI=1S/C20H20ClN3OS/c1-13-4-5-17(16(21)11-13)23-20(25)14-3-2-9-24(12-14)19-15-7-10-26-18(15)6-8-22-19/h4-8,10-11,14H,2-3,9,12H2,1H3,(H,23,25). The van der Waals surface area contributed by atoms with Crippen molar-refractivity contribution in [2.24, 2.45) is 5.92 Å². The summed E-state index contributed by atoms with van der Waals surface area (Å²) in [4.78, 5) is 19.6. The molecule has 0 spiro atoms. The number of nitrogens with one attached hydrogen (secondary N) is 1. The molecule has 1 aliphatic heterocycles. The van der Waals surface area contributed by atoms with Gasteiger partial charge >= 0.3 is 0 Å². The van der Waals surface area contributed by atoms with E-state index in [9.17, 15) is 4.79 Å². The Morgan fingerprint density at radius 1 is 1.35 bits per heavy atom. The SMILES string of the molecule is Cc1ccc(NC(=O)C2CCCN(c3nccc4sccc34)C2)c(Cl)c1. The van der Waals surface area contributed by atoms with Gasteiger partial charge in [0.2, 0.25) is 5.91 Å². The molecule has 1 amide bonds. The predicted octanol–water partition coefficient (Wildman–Crippen LogP) is 5.11. The Labute approximate surface area is 161 Å². The van der Waals surface area contributed by atoms with Crippen LogP contribution in [0.2, 0.25) is 5.02 Å². The maximum absolute atomic E-state index is 12.8. The number of amides is 1. The van der Waals surface area contributed by atoms with E-state index in [4.69, 9.17) is 11.6 Å². The van der Waals surface area contributed by atoms with Crippen molar-refractivity contribution in [3.05, 3.63) is 52.5 Å². The second-order valence-electron chi connectivity index (χ2n) is 6.72. The lowest BCUT2D eigenvalue weighted by molar-refractivity contribution is -0.120. The molecule has 4 rings (SSSR count). The first-order valence-corrected chi connectivity index (χ1v) is 10.0. The number of carbonyl (C=O) groups is 1. The number of aromatic nitrogens is 1. The highest BCUT2D eigenvalue weighted by atomic mass is 35.5. The number of carbonyl (C=O) groups excluding carboxylic acids is 1. The zero-order valence-electron chi connectivity index (χ0n) is 14.5. The third-order valence-electron chi connectivity index (χ3n) is 4.83. The number of hydrogen-bond acceptors (Lipinski definition) is 4. The molecule has 1 unspecified atom stereocenters. The van der Waals surface area contributed by atoms with Crippen LogP contribution in [0.1, 0.15) is 18.4 Å². The van der Waals surface area contributed by atoms with E-state index in [1.807, 2.05) is 37.4 Å². The summed E-state index contributed by atoms with van der Waals surface area (Å²) in [5, 5.41) is 6.83. The summed E-state index contributed by atoms with van der Waals surface area (Å²) in [6.45, 7) is 3.59. The Balaban J connectivity index is 1.51. The first-order chi connectivity index (χ1) is 12.6. The lowest BCUT2D eigenvalue weighted by Gasteiger charge is -2.33. The summed E-state index contributed by atoms with van der Waals surface area (Å²) < 4.78 is 1.23. The van der Waals surface area contributed by atoms with Gasteiger partial charge in [-0.15, -0.1) is 11.3 Å². The fourth-order valence-electron chi connectivity index (χ4n) is 3.47. The summed E-state index contributed by atoms with van der Waals surface area (Å²) >= 11 is 7.97. The number of aryl methyl sites for hydroxylation is 1. The van der Waals surface area contributed by atoms with Gasteiger partial charge in [0.15, 0.2) is 0 Å². The van der Waals surface area contributed by atoms with Crippen LogP contribution in [-0.4, -0.2) is 24.0 Å². The molecule has 0 saturated carbocycles. The van der Waals surface area contributed by atoms with Crippen LogP contribution in [0.4, 0.5) is 11.5 Å². The molecule has 2 aromatic heterocycles. The van der Waals surface area contributed by atoms with Gasteiger partial charge in [-0.2, -0.15) is 0 Å². The lowest BCUT2D eigenvalue weighted by Crippen LogP contribution is -2.41. The molecule has 0 bridgehead atoms. The second kappa shape index (κ2) is 7.25. The maximum atomic E-state index is 12.8. The van der Waals surface area contributed by atoms with Gasteiger partial charge in [0, 0.05) is 29.4 Å². The van der Waals surface area contributed by atoms with E-state index in [1.165, 1.54) is 10.1 Å². The van der Waals surface area contributed by atoms with Gasteiger partial charge in [0.1, 0.15) is 5.82 Å². The number of hydrogen-bond donors (Lipinski definition) is 1. The molecular formula is C20H20ClN3OS. The number of benzene rings is 1. The fourth-order valence-corrected chi connectivity index (χ4v) is 4.53. The van der Waals surface area contributed by atoms with Gasteiger partial charge in [-0.3, -0.25) is 4.79 Å². The molecule has 1 atom stereocenters. The monoisotopic (exact) mass is 385 g/mol. The zero-order valence-corrected chi connectivity index (χ0v) is 16.1. The van der Waals surface area contributed by atoms with Crippen LogP contribution >= 0.6 is 22.9 Å². The van der Waals surface area contributed by atoms with E-state index in [-0.39, 0.29) is 11.8 Å². The summed E-state index contributed by atoms with van der Waals surface area (Å²) in [6, 6.07) is 9.83. The smallest absolute Gasteiger partial charge is 0.229 e. The van der Waals surface area contributed by atoms with Crippen molar-refractivity contribution >= 4 is 50.4 Å². The average molecular weight is 386 g/mol. The van der Waals surface area contributed by atoms with Crippen LogP contribution in [0.3, 0.4) is 0 Å². The first kappa shape index (κ1) is 17.3. The normalized spacial score (nSPS) is 17.5. The van der Waals surface area contributed by atoms with Gasteiger partial charge in [0.05, 0.1) is 16.6 Å². The van der Waals surface area contributed by atoms with Crippen LogP contribution in [0.15, 0.2) is 41.9 Å². The summed E-state index contributed by atoms with van der Waals surface area (Å²) in [7, 11) is 0. The van der Waals surface area contributed by atoms with Crippen molar-refractivity contribution in [2.45, 2.75) is 19.8 Å². The highest BCUT2D eigenvalue weighted by molar-refractivity contribution is 7.17. The molecule has 1 fully saturated rings. The van der Waals surface area contributed by atoms with E-state index in [0.29, 0.717) is 17.3 Å². The van der Waals surface area contributed by atoms with Crippen molar-refractivity contribution in [3.8, 4) is 0 Å². The van der Waals surface area contributed by atoms with Crippen molar-refractivity contribution < 1.29 is 4.79 Å². The molecule has 26 heavy (non-hydrogen) atoms. The molecule has 134 valence electrons. The molecule has 1 N–H and O–H groups in total. The van der Waals surface area contributed by atoms with Crippen molar-refractivity contribution in [1.82, 2.24) is 4.98 Å². The van der Waals surface area contributed by atoms with Gasteiger partial charge in [-0.1, -0.05) is 17.7 Å². The van der Waals surface area contributed by atoms with Crippen molar-refractivity contribution in [1.29, 1.82) is 0 Å². The molecule has 1 saturated heterocycles. The fraction of sp³-hybridized carbons (Fsp3) is 0.300. The van der Waals surface area contributed by atoms with E-state index < -0.39 is 0 Å². The van der Waals surface area contributed by atoms with Crippen LogP contribution in [-0.2, 0) is 4.79 Å². The van der Waals surface area contributed by atoms with E-state index in [1.54, 1.807) is 11.3 Å². The summed E-state index contributed by atoms with van der Waals surface area (Å²) in [5.74, 6) is 0.935. The number of rotatable bonds is 3. The van der Waals surface area contributed by atoms with E-state index in [2.05, 4.69) is 26.6 Å². The minimum absolute atomic E-state index is 0.0259. The Kier molecular flexibility index (Phi) is 4.83. The van der Waals surface area contributed by atoms with Gasteiger partial charge in [-0.05, 0) is 55.0 Å². The maximum Gasteiger partial charge on any atom is 0.229 e. The minimum Gasteiger partial charge on any atom is -0.355 e. The number of halogens is 1. The largest absolute Gasteiger partial charge is 0.355 e. The topological polar surface area (TPSA) is 45.2 Å². The Bertz CT molecular complexity index is 955. The third kappa shape index (κ3) is 3.41. The zero-order chi connectivity index (χ0) is 18.1. The second-order valence-corrected chi connectivity index (χ2v) is 8.08. The van der Waals surface area contributed by atoms with E-state index in [0.717, 1.165) is 30.8 Å². The van der Waals surface area contributed by atoms with Crippen molar-refractivity contribution in [2.75, 3.05) is 23.3 Å². The van der Waals surface area contributed by atoms with Gasteiger partial charge in [0.25, 0.3) is 0 Å². The highest BCUT2D eigenvalue weighted by Gasteiger charge is 2.27. The number of thiophene rings is 1. The molecule has 1 aromatic carbocycles. The van der Waals surface area contributed by atoms with Crippen LogP contribution in [0, 0.1) is 12.8 Å². The molecule has 3 aromatic rings. The Morgan fingerprint density at radius 2 is 2.23 bits per heavy atom. The van der Waals surface area contributed by atoms with Crippen molar-refractivity contribution in [3.63, 3.8) is 0 Å². The third-order valence-corrected chi connectivity index (χ3v) is 6.03. The molecule has 0 aliphatic carbocycles. The molecule has 0 radical (unpaired) electrons. The van der Waals surface area contributed by atoms with E-state index >= 15 is 0 Å². The van der Waals surface area contributed by atoms with Gasteiger partial charge < -0.3 is 10.2 Å². The lowest BCUT2D eigenvalue weighted by atomic mass is 9.96. The Morgan fingerprint density at radius 3 is 3.08 bits per heavy atom. The van der Waals surface area contributed by atoms with Gasteiger partial charge in [-0.25, -0.2) is 4.98 Å². The summed E-state index contributed by atoms with van der Waals surface area (Å²) in [6.07, 6.45) is 3.71. The number of piperidine rings is 1. The number of pyridine rings is 1. The predicted molar refractivity (Wildman–Crippen MR) is 109 cm³/mol. The summed E-state index contributed by atoms with van der Waals surface area (Å²) in [5.41, 5.74) is 1.75. The average Bonchev–Trinajstić information content (AvgIpc) is 3.13. The molecular weight excluding hydrogens is 366 g/mol. The Hall–Kier alpha value is -2.11. The molecule has 6 heteroatoms. The number of fused-ring (bicyclic) bond motifs is 1. The van der Waals surface area contributed by atoms with Crippen LogP contribution in [0.5, 0.6) is 0 Å². The quantitative estimate of drug-likeness (QED) is 0.681. The molecule has 1 aliphatic rings. The molecule has 4 nitrogen and oxygen atoms in total. The highest BCUT2D eigenvalue weighted by Crippen LogP contribution is 2.32. The molecule has 3 heterocycles.